The lowest BCUT2D eigenvalue weighted by Gasteiger charge is -1.93. The van der Waals surface area contributed by atoms with Crippen LogP contribution >= 0.6 is 0 Å². The molecule has 0 saturated carbocycles. The molecule has 38 valence electrons. The second-order valence-corrected chi connectivity index (χ2v) is 1.32. The van der Waals surface area contributed by atoms with Gasteiger partial charge in [0.1, 0.15) is 0 Å². The maximum atomic E-state index is 8.06. The van der Waals surface area contributed by atoms with Gasteiger partial charge >= 0.3 is 7.32 Å². The molecule has 0 aliphatic heterocycles. The molecule has 0 radical (unpaired) electrons. The van der Waals surface area contributed by atoms with Crippen molar-refractivity contribution in [3.8, 4) is 0 Å². The molecular weight excluding hydrogens is 94.8 g/mol. The van der Waals surface area contributed by atoms with Crippen molar-refractivity contribution >= 4 is 7.32 Å². The minimum atomic E-state index is -1.63. The van der Waals surface area contributed by atoms with Crippen LogP contribution in [0, 0.1) is 0 Å². The highest BCUT2D eigenvalue weighted by atomic mass is 16.6. The van der Waals surface area contributed by atoms with E-state index in [0.717, 1.165) is 6.42 Å². The lowest BCUT2D eigenvalue weighted by molar-refractivity contribution is 0.245. The third-order valence-electron chi connectivity index (χ3n) is 0.628. The lowest BCUT2D eigenvalue weighted by atomic mass is 10.3. The molecule has 0 spiro atoms. The van der Waals surface area contributed by atoms with Crippen molar-refractivity contribution in [2.24, 2.45) is 0 Å². The molecule has 0 unspecified atom stereocenters. The van der Waals surface area contributed by atoms with Crippen LogP contribution in [0.1, 0.15) is 6.42 Å². The Morgan fingerprint density at radius 3 is 2.43 bits per heavy atom. The van der Waals surface area contributed by atoms with Crippen molar-refractivity contribution in [1.29, 1.82) is 0 Å². The normalized spacial score (nSPS) is 15.4. The summed E-state index contributed by atoms with van der Waals surface area (Å²) >= 11 is 0. The van der Waals surface area contributed by atoms with Gasteiger partial charge in [-0.15, -0.1) is 0 Å². The van der Waals surface area contributed by atoms with E-state index in [2.05, 4.69) is 4.65 Å². The van der Waals surface area contributed by atoms with Gasteiger partial charge in [-0.25, -0.2) is 0 Å². The lowest BCUT2D eigenvalue weighted by Crippen LogP contribution is -2.13. The zero-order chi connectivity index (χ0) is 5.28. The molecule has 2 N–H and O–H groups in total. The van der Waals surface area contributed by atoms with Crippen LogP contribution in [-0.2, 0) is 4.65 Å². The number of allylic oxidation sites excluding steroid dienone is 2. The molecule has 0 amide bonds. The van der Waals surface area contributed by atoms with Gasteiger partial charge in [-0.3, -0.25) is 0 Å². The summed E-state index contributed by atoms with van der Waals surface area (Å²) in [6, 6.07) is 0. The standard InChI is InChI=1S/C3H5BO3/c5-4(6)7-3-1-2-3/h1,5-6H,2H2. The molecule has 0 saturated heterocycles. The van der Waals surface area contributed by atoms with Gasteiger partial charge in [0.05, 0.1) is 5.76 Å². The summed E-state index contributed by atoms with van der Waals surface area (Å²) in [5.41, 5.74) is 0. The van der Waals surface area contributed by atoms with Gasteiger partial charge in [0.25, 0.3) is 0 Å². The second kappa shape index (κ2) is 1.56. The van der Waals surface area contributed by atoms with Crippen molar-refractivity contribution in [2.75, 3.05) is 0 Å². The summed E-state index contributed by atoms with van der Waals surface area (Å²) in [7, 11) is -1.63. The van der Waals surface area contributed by atoms with Crippen molar-refractivity contribution in [1.82, 2.24) is 0 Å². The quantitative estimate of drug-likeness (QED) is 0.449. The van der Waals surface area contributed by atoms with Crippen LogP contribution in [0.3, 0.4) is 0 Å². The van der Waals surface area contributed by atoms with Crippen LogP contribution in [0.5, 0.6) is 0 Å². The fraction of sp³-hybridized carbons (Fsp3) is 0.333. The summed E-state index contributed by atoms with van der Waals surface area (Å²) in [4.78, 5) is 0. The van der Waals surface area contributed by atoms with E-state index in [4.69, 9.17) is 10.0 Å². The largest absolute Gasteiger partial charge is 0.707 e. The molecule has 0 aromatic heterocycles. The van der Waals surface area contributed by atoms with Crippen molar-refractivity contribution in [3.05, 3.63) is 11.8 Å². The predicted molar refractivity (Wildman–Crippen MR) is 24.0 cm³/mol. The topological polar surface area (TPSA) is 49.7 Å². The molecule has 1 aliphatic rings. The van der Waals surface area contributed by atoms with Crippen molar-refractivity contribution in [2.45, 2.75) is 6.42 Å². The Labute approximate surface area is 41.4 Å². The molecule has 0 atom stereocenters. The minimum absolute atomic E-state index is 0.662. The van der Waals surface area contributed by atoms with Gasteiger partial charge in [0.2, 0.25) is 0 Å². The van der Waals surface area contributed by atoms with E-state index in [1.165, 1.54) is 0 Å². The third-order valence-corrected chi connectivity index (χ3v) is 0.628. The Hall–Kier alpha value is -0.475. The highest BCUT2D eigenvalue weighted by Crippen LogP contribution is 2.18. The Kier molecular flexibility index (Phi) is 1.04. The Bertz CT molecular complexity index is 98.4. The molecule has 0 aromatic rings. The summed E-state index contributed by atoms with van der Waals surface area (Å²) < 4.78 is 4.33. The van der Waals surface area contributed by atoms with Gasteiger partial charge in [-0.2, -0.15) is 0 Å². The third kappa shape index (κ3) is 1.61. The van der Waals surface area contributed by atoms with E-state index >= 15 is 0 Å². The predicted octanol–water partition coefficient (Wildman–Crippen LogP) is -0.740. The van der Waals surface area contributed by atoms with Crippen LogP contribution in [0.25, 0.3) is 0 Å². The van der Waals surface area contributed by atoms with E-state index in [1.807, 2.05) is 0 Å². The summed E-state index contributed by atoms with van der Waals surface area (Å²) in [6.07, 6.45) is 2.52. The van der Waals surface area contributed by atoms with Gasteiger partial charge in [0.15, 0.2) is 0 Å². The first-order valence-corrected chi connectivity index (χ1v) is 2.01. The second-order valence-electron chi connectivity index (χ2n) is 1.32. The zero-order valence-corrected chi connectivity index (χ0v) is 3.66. The van der Waals surface area contributed by atoms with Crippen LogP contribution < -0.4 is 0 Å². The first kappa shape index (κ1) is 4.68. The average Bonchev–Trinajstić information content (AvgIpc) is 2.17. The number of rotatable bonds is 2. The SMILES string of the molecule is OB(O)OC1=CC1. The first-order chi connectivity index (χ1) is 3.29. The van der Waals surface area contributed by atoms with Crippen LogP contribution in [0.15, 0.2) is 11.8 Å². The van der Waals surface area contributed by atoms with Crippen molar-refractivity contribution in [3.63, 3.8) is 0 Å². The highest BCUT2D eigenvalue weighted by molar-refractivity contribution is 6.33. The Morgan fingerprint density at radius 2 is 2.29 bits per heavy atom. The fourth-order valence-electron chi connectivity index (χ4n) is 0.273. The van der Waals surface area contributed by atoms with E-state index in [0.29, 0.717) is 5.76 Å². The molecule has 3 nitrogen and oxygen atoms in total. The van der Waals surface area contributed by atoms with E-state index in [-0.39, 0.29) is 0 Å². The Morgan fingerprint density at radius 1 is 1.71 bits per heavy atom. The molecule has 0 bridgehead atoms. The molecule has 1 aliphatic carbocycles. The maximum absolute atomic E-state index is 8.06. The van der Waals surface area contributed by atoms with Gasteiger partial charge < -0.3 is 14.7 Å². The van der Waals surface area contributed by atoms with E-state index in [9.17, 15) is 0 Å². The summed E-state index contributed by atoms with van der Waals surface area (Å²) in [5.74, 6) is 0.662. The molecule has 0 fully saturated rings. The average molecular weight is 99.9 g/mol. The molecule has 7 heavy (non-hydrogen) atoms. The summed E-state index contributed by atoms with van der Waals surface area (Å²) in [6.45, 7) is 0. The van der Waals surface area contributed by atoms with Crippen LogP contribution in [0.2, 0.25) is 0 Å². The zero-order valence-electron chi connectivity index (χ0n) is 3.66. The first-order valence-electron chi connectivity index (χ1n) is 2.01. The minimum Gasteiger partial charge on any atom is -0.516 e. The van der Waals surface area contributed by atoms with Gasteiger partial charge in [-0.05, 0) is 6.08 Å². The molecular formula is C3H5BO3. The van der Waals surface area contributed by atoms with Gasteiger partial charge in [-0.1, -0.05) is 0 Å². The smallest absolute Gasteiger partial charge is 0.516 e. The molecule has 0 heterocycles. The number of hydrogen-bond acceptors (Lipinski definition) is 3. The molecule has 0 aromatic carbocycles. The Balaban J connectivity index is 2.09. The van der Waals surface area contributed by atoms with Crippen LogP contribution in [0.4, 0.5) is 0 Å². The van der Waals surface area contributed by atoms with E-state index in [1.54, 1.807) is 6.08 Å². The molecule has 4 heteroatoms. The van der Waals surface area contributed by atoms with Gasteiger partial charge in [0, 0.05) is 6.42 Å². The van der Waals surface area contributed by atoms with Crippen molar-refractivity contribution < 1.29 is 14.7 Å². The monoisotopic (exact) mass is 100 g/mol. The highest BCUT2D eigenvalue weighted by Gasteiger charge is 2.17. The number of hydrogen-bond donors (Lipinski definition) is 2. The fourth-order valence-corrected chi connectivity index (χ4v) is 0.273. The molecule has 1 rings (SSSR count). The maximum Gasteiger partial charge on any atom is 0.707 e. The van der Waals surface area contributed by atoms with Crippen LogP contribution in [-0.4, -0.2) is 17.4 Å². The van der Waals surface area contributed by atoms with E-state index < -0.39 is 7.32 Å². The summed E-state index contributed by atoms with van der Waals surface area (Å²) in [5, 5.41) is 16.1.